The Labute approximate surface area is 166 Å². The summed E-state index contributed by atoms with van der Waals surface area (Å²) in [6.07, 6.45) is 3.08. The van der Waals surface area contributed by atoms with Crippen molar-refractivity contribution in [2.45, 2.75) is 32.7 Å². The van der Waals surface area contributed by atoms with Crippen LogP contribution < -0.4 is 15.4 Å². The van der Waals surface area contributed by atoms with Gasteiger partial charge in [0.15, 0.2) is 5.96 Å². The van der Waals surface area contributed by atoms with Crippen LogP contribution in [0.25, 0.3) is 5.65 Å². The second-order valence-electron chi connectivity index (χ2n) is 6.94. The van der Waals surface area contributed by atoms with E-state index in [9.17, 15) is 0 Å². The highest BCUT2D eigenvalue weighted by molar-refractivity contribution is 5.79. The Hall–Kier alpha value is -3.02. The zero-order chi connectivity index (χ0) is 19.9. The summed E-state index contributed by atoms with van der Waals surface area (Å²) in [6, 6.07) is 14.4. The van der Waals surface area contributed by atoms with Gasteiger partial charge in [-0.25, -0.2) is 4.98 Å². The molecule has 0 saturated carbocycles. The van der Waals surface area contributed by atoms with Crippen molar-refractivity contribution in [3.05, 3.63) is 65.6 Å². The first-order chi connectivity index (χ1) is 13.6. The number of guanidine groups is 1. The zero-order valence-corrected chi connectivity index (χ0v) is 17.1. The molecule has 6 nitrogen and oxygen atoms in total. The number of nitrogens with one attached hydrogen (secondary N) is 2. The van der Waals surface area contributed by atoms with Crippen LogP contribution >= 0.6 is 0 Å². The van der Waals surface area contributed by atoms with E-state index < -0.39 is 0 Å². The quantitative estimate of drug-likeness (QED) is 0.487. The molecule has 3 aromatic rings. The number of aromatic nitrogens is 2. The molecule has 6 heteroatoms. The number of methoxy groups -OCH3 is 1. The normalized spacial score (nSPS) is 12.8. The van der Waals surface area contributed by atoms with Crippen LogP contribution in [0.1, 0.15) is 36.2 Å². The summed E-state index contributed by atoms with van der Waals surface area (Å²) in [5.74, 6) is 2.13. The van der Waals surface area contributed by atoms with E-state index >= 15 is 0 Å². The Morgan fingerprint density at radius 1 is 1.18 bits per heavy atom. The zero-order valence-electron chi connectivity index (χ0n) is 17.1. The fourth-order valence-corrected chi connectivity index (χ4v) is 3.19. The van der Waals surface area contributed by atoms with Crippen LogP contribution in [0.2, 0.25) is 0 Å². The molecule has 0 fully saturated rings. The van der Waals surface area contributed by atoms with Gasteiger partial charge in [0, 0.05) is 25.5 Å². The third kappa shape index (κ3) is 4.82. The lowest BCUT2D eigenvalue weighted by Crippen LogP contribution is -2.37. The number of rotatable bonds is 7. The Morgan fingerprint density at radius 2 is 1.96 bits per heavy atom. The highest BCUT2D eigenvalue weighted by Gasteiger charge is 2.07. The first kappa shape index (κ1) is 19.7. The number of ether oxygens (including phenoxy) is 1. The number of pyridine rings is 1. The number of aliphatic imine (C=N–C) groups is 1. The molecule has 0 aliphatic rings. The van der Waals surface area contributed by atoms with E-state index in [1.54, 1.807) is 14.2 Å². The van der Waals surface area contributed by atoms with Gasteiger partial charge in [0.2, 0.25) is 0 Å². The maximum atomic E-state index is 5.22. The van der Waals surface area contributed by atoms with Gasteiger partial charge in [-0.1, -0.05) is 25.1 Å². The molecule has 148 valence electrons. The van der Waals surface area contributed by atoms with Crippen molar-refractivity contribution >= 4 is 11.6 Å². The fraction of sp³-hybridized carbons (Fsp3) is 0.364. The monoisotopic (exact) mass is 379 g/mol. The van der Waals surface area contributed by atoms with Gasteiger partial charge in [0.05, 0.1) is 19.3 Å². The van der Waals surface area contributed by atoms with Crippen molar-refractivity contribution in [2.75, 3.05) is 20.7 Å². The highest BCUT2D eigenvalue weighted by Crippen LogP contribution is 2.21. The molecule has 0 aliphatic heterocycles. The van der Waals surface area contributed by atoms with Crippen LogP contribution in [0, 0.1) is 6.92 Å². The summed E-state index contributed by atoms with van der Waals surface area (Å²) in [7, 11) is 3.48. The van der Waals surface area contributed by atoms with E-state index in [2.05, 4.69) is 63.3 Å². The van der Waals surface area contributed by atoms with Crippen molar-refractivity contribution < 1.29 is 4.74 Å². The number of nitrogens with zero attached hydrogens (tertiary/aromatic N) is 3. The Kier molecular flexibility index (Phi) is 6.53. The maximum absolute atomic E-state index is 5.22. The Balaban J connectivity index is 1.48. The Bertz CT molecular complexity index is 930. The van der Waals surface area contributed by atoms with E-state index in [-0.39, 0.29) is 0 Å². The van der Waals surface area contributed by atoms with Crippen molar-refractivity contribution in [3.8, 4) is 5.75 Å². The summed E-state index contributed by atoms with van der Waals surface area (Å²) >= 11 is 0. The minimum Gasteiger partial charge on any atom is -0.497 e. The van der Waals surface area contributed by atoms with E-state index in [0.717, 1.165) is 36.0 Å². The molecular formula is C22H29N5O. The van der Waals surface area contributed by atoms with Gasteiger partial charge < -0.3 is 19.8 Å². The van der Waals surface area contributed by atoms with Gasteiger partial charge in [0.1, 0.15) is 11.4 Å². The fourth-order valence-electron chi connectivity index (χ4n) is 3.19. The van der Waals surface area contributed by atoms with Crippen LogP contribution in [0.3, 0.4) is 0 Å². The lowest BCUT2D eigenvalue weighted by atomic mass is 9.98. The van der Waals surface area contributed by atoms with Crippen LogP contribution in [-0.4, -0.2) is 36.0 Å². The Morgan fingerprint density at radius 3 is 2.64 bits per heavy atom. The lowest BCUT2D eigenvalue weighted by molar-refractivity contribution is 0.414. The third-order valence-electron chi connectivity index (χ3n) is 4.96. The summed E-state index contributed by atoms with van der Waals surface area (Å²) in [5, 5.41) is 6.73. The van der Waals surface area contributed by atoms with Gasteiger partial charge in [-0.2, -0.15) is 0 Å². The first-order valence-electron chi connectivity index (χ1n) is 9.62. The number of aryl methyl sites for hydroxylation is 1. The number of fused-ring (bicyclic) bond motifs is 1. The minimum atomic E-state index is 0.456. The maximum Gasteiger partial charge on any atom is 0.191 e. The van der Waals surface area contributed by atoms with E-state index in [4.69, 9.17) is 4.74 Å². The molecule has 0 aliphatic carbocycles. The van der Waals surface area contributed by atoms with Gasteiger partial charge in [-0.3, -0.25) is 4.99 Å². The molecule has 0 bridgehead atoms. The molecule has 3 rings (SSSR count). The molecule has 0 amide bonds. The average molecular weight is 380 g/mol. The topological polar surface area (TPSA) is 63.0 Å². The molecule has 0 saturated heterocycles. The standard InChI is InChI=1S/C22H29N5O/c1-16(18-8-10-20(28-4)11-9-18)12-13-24-22(23-3)25-14-19-15-27-17(2)6-5-7-21(27)26-19/h5-11,15-16H,12-14H2,1-4H3,(H2,23,24,25). The third-order valence-corrected chi connectivity index (χ3v) is 4.96. The average Bonchev–Trinajstić information content (AvgIpc) is 3.15. The summed E-state index contributed by atoms with van der Waals surface area (Å²) in [4.78, 5) is 8.96. The predicted molar refractivity (Wildman–Crippen MR) is 114 cm³/mol. The molecule has 2 heterocycles. The number of benzene rings is 1. The largest absolute Gasteiger partial charge is 0.497 e. The molecule has 1 unspecified atom stereocenters. The smallest absolute Gasteiger partial charge is 0.191 e. The van der Waals surface area contributed by atoms with Crippen LogP contribution in [-0.2, 0) is 6.54 Å². The summed E-state index contributed by atoms with van der Waals surface area (Å²) in [6.45, 7) is 5.79. The first-order valence-corrected chi connectivity index (χ1v) is 9.62. The molecule has 2 aromatic heterocycles. The molecule has 2 N–H and O–H groups in total. The molecular weight excluding hydrogens is 350 g/mol. The number of hydrogen-bond donors (Lipinski definition) is 2. The number of hydrogen-bond acceptors (Lipinski definition) is 3. The van der Waals surface area contributed by atoms with Crippen molar-refractivity contribution in [1.29, 1.82) is 0 Å². The van der Waals surface area contributed by atoms with Crippen molar-refractivity contribution in [2.24, 2.45) is 4.99 Å². The number of imidazole rings is 1. The highest BCUT2D eigenvalue weighted by atomic mass is 16.5. The van der Waals surface area contributed by atoms with Crippen LogP contribution in [0.5, 0.6) is 5.75 Å². The molecule has 1 atom stereocenters. The van der Waals surface area contributed by atoms with Gasteiger partial charge in [-0.05, 0) is 49.1 Å². The molecule has 0 radical (unpaired) electrons. The van der Waals surface area contributed by atoms with Crippen molar-refractivity contribution in [3.63, 3.8) is 0 Å². The van der Waals surface area contributed by atoms with Crippen LogP contribution in [0.4, 0.5) is 0 Å². The van der Waals surface area contributed by atoms with Gasteiger partial charge in [0.25, 0.3) is 0 Å². The van der Waals surface area contributed by atoms with Crippen molar-refractivity contribution in [1.82, 2.24) is 20.0 Å². The van der Waals surface area contributed by atoms with E-state index in [1.165, 1.54) is 11.3 Å². The summed E-state index contributed by atoms with van der Waals surface area (Å²) in [5.41, 5.74) is 4.44. The predicted octanol–water partition coefficient (Wildman–Crippen LogP) is 3.51. The minimum absolute atomic E-state index is 0.456. The van der Waals surface area contributed by atoms with E-state index in [1.807, 2.05) is 24.3 Å². The summed E-state index contributed by atoms with van der Waals surface area (Å²) < 4.78 is 7.32. The van der Waals surface area contributed by atoms with Gasteiger partial charge >= 0.3 is 0 Å². The molecule has 28 heavy (non-hydrogen) atoms. The van der Waals surface area contributed by atoms with Gasteiger partial charge in [-0.15, -0.1) is 0 Å². The molecule has 1 aromatic carbocycles. The van der Waals surface area contributed by atoms with E-state index in [0.29, 0.717) is 12.5 Å². The second kappa shape index (κ2) is 9.26. The molecule has 0 spiro atoms. The van der Waals surface area contributed by atoms with Crippen LogP contribution in [0.15, 0.2) is 53.7 Å². The second-order valence-corrected chi connectivity index (χ2v) is 6.94. The SMILES string of the molecule is CN=C(NCCC(C)c1ccc(OC)cc1)NCc1cn2c(C)cccc2n1. The lowest BCUT2D eigenvalue weighted by Gasteiger charge is -2.15.